The fraction of sp³-hybridized carbons (Fsp3) is 0.529. The number of rotatable bonds is 4. The number of nitrogens with zero attached hydrogens (tertiary/aromatic N) is 1. The first-order valence-electron chi connectivity index (χ1n) is 8.21. The number of thiocarbonyl (C=S) groups is 1. The first-order valence-corrected chi connectivity index (χ1v) is 8.62. The minimum Gasteiger partial charge on any atom is -0.376 e. The summed E-state index contributed by atoms with van der Waals surface area (Å²) in [5, 5.41) is 6.99. The van der Waals surface area contributed by atoms with Crippen LogP contribution in [0.25, 0.3) is 0 Å². The van der Waals surface area contributed by atoms with Gasteiger partial charge in [-0.2, -0.15) is 0 Å². The first kappa shape index (κ1) is 16.2. The van der Waals surface area contributed by atoms with Crippen LogP contribution < -0.4 is 15.5 Å². The Balaban J connectivity index is 1.61. The molecule has 124 valence electrons. The van der Waals surface area contributed by atoms with Gasteiger partial charge in [-0.25, -0.2) is 0 Å². The van der Waals surface area contributed by atoms with Crippen LogP contribution in [0, 0.1) is 6.92 Å². The van der Waals surface area contributed by atoms with Crippen LogP contribution in [0.2, 0.25) is 0 Å². The molecule has 2 saturated heterocycles. The molecular formula is C17H23N3O2S. The van der Waals surface area contributed by atoms with E-state index < -0.39 is 0 Å². The summed E-state index contributed by atoms with van der Waals surface area (Å²) in [5.41, 5.74) is 2.97. The highest BCUT2D eigenvalue weighted by Gasteiger charge is 2.23. The standard InChI is InChI=1S/C17H23N3O2S/c1-12-6-7-13(10-15(12)20-8-2-5-16(20)21)19-17(23)18-11-14-4-3-9-22-14/h6-7,10,14H,2-5,8-9,11H2,1H3,(H2,18,19,23)/t14-/m0/s1. The normalized spacial score (nSPS) is 20.8. The van der Waals surface area contributed by atoms with Gasteiger partial charge in [0.15, 0.2) is 5.11 Å². The van der Waals surface area contributed by atoms with E-state index in [9.17, 15) is 4.79 Å². The summed E-state index contributed by atoms with van der Waals surface area (Å²) in [6, 6.07) is 6.00. The van der Waals surface area contributed by atoms with Crippen molar-refractivity contribution in [2.45, 2.75) is 38.7 Å². The zero-order chi connectivity index (χ0) is 16.2. The minimum absolute atomic E-state index is 0.198. The molecule has 1 aromatic rings. The molecule has 0 radical (unpaired) electrons. The van der Waals surface area contributed by atoms with E-state index in [-0.39, 0.29) is 12.0 Å². The van der Waals surface area contributed by atoms with Crippen molar-refractivity contribution in [3.05, 3.63) is 23.8 Å². The number of aryl methyl sites for hydroxylation is 1. The molecule has 2 aliphatic heterocycles. The van der Waals surface area contributed by atoms with Crippen LogP contribution in [-0.4, -0.2) is 36.8 Å². The largest absolute Gasteiger partial charge is 0.376 e. The molecule has 6 heteroatoms. The van der Waals surface area contributed by atoms with Crippen molar-refractivity contribution in [3.8, 4) is 0 Å². The second-order valence-corrected chi connectivity index (χ2v) is 6.53. The number of hydrogen-bond acceptors (Lipinski definition) is 3. The molecule has 1 amide bonds. The highest BCUT2D eigenvalue weighted by molar-refractivity contribution is 7.80. The van der Waals surface area contributed by atoms with Gasteiger partial charge in [0.2, 0.25) is 5.91 Å². The second-order valence-electron chi connectivity index (χ2n) is 6.12. The number of benzene rings is 1. The highest BCUT2D eigenvalue weighted by atomic mass is 32.1. The van der Waals surface area contributed by atoms with Gasteiger partial charge in [0.1, 0.15) is 0 Å². The van der Waals surface area contributed by atoms with Crippen LogP contribution in [-0.2, 0) is 9.53 Å². The van der Waals surface area contributed by atoms with E-state index in [4.69, 9.17) is 17.0 Å². The molecule has 2 N–H and O–H groups in total. The summed E-state index contributed by atoms with van der Waals surface area (Å²) in [6.45, 7) is 4.40. The monoisotopic (exact) mass is 333 g/mol. The third-order valence-electron chi connectivity index (χ3n) is 4.35. The first-order chi connectivity index (χ1) is 11.1. The maximum Gasteiger partial charge on any atom is 0.227 e. The Bertz CT molecular complexity index is 600. The molecule has 3 rings (SSSR count). The Hall–Kier alpha value is -1.66. The van der Waals surface area contributed by atoms with Crippen molar-refractivity contribution in [2.24, 2.45) is 0 Å². The van der Waals surface area contributed by atoms with Gasteiger partial charge in [0, 0.05) is 37.5 Å². The van der Waals surface area contributed by atoms with Crippen molar-refractivity contribution >= 4 is 34.6 Å². The van der Waals surface area contributed by atoms with E-state index in [1.807, 2.05) is 30.0 Å². The Morgan fingerprint density at radius 1 is 1.43 bits per heavy atom. The van der Waals surface area contributed by atoms with Crippen molar-refractivity contribution in [2.75, 3.05) is 29.9 Å². The van der Waals surface area contributed by atoms with E-state index in [0.717, 1.165) is 55.9 Å². The van der Waals surface area contributed by atoms with E-state index in [1.54, 1.807) is 0 Å². The molecule has 2 fully saturated rings. The molecule has 0 aliphatic carbocycles. The van der Waals surface area contributed by atoms with Gasteiger partial charge in [-0.15, -0.1) is 0 Å². The molecule has 0 aromatic heterocycles. The molecule has 0 unspecified atom stereocenters. The van der Waals surface area contributed by atoms with Crippen LogP contribution in [0.1, 0.15) is 31.2 Å². The van der Waals surface area contributed by atoms with Gasteiger partial charge < -0.3 is 20.3 Å². The zero-order valence-electron chi connectivity index (χ0n) is 13.4. The fourth-order valence-corrected chi connectivity index (χ4v) is 3.27. The molecular weight excluding hydrogens is 310 g/mol. The van der Waals surface area contributed by atoms with Crippen LogP contribution in [0.3, 0.4) is 0 Å². The average Bonchev–Trinajstić information content (AvgIpc) is 3.19. The van der Waals surface area contributed by atoms with Crippen LogP contribution in [0.4, 0.5) is 11.4 Å². The molecule has 2 heterocycles. The number of nitrogens with one attached hydrogen (secondary N) is 2. The lowest BCUT2D eigenvalue weighted by Crippen LogP contribution is -2.34. The number of hydrogen-bond donors (Lipinski definition) is 2. The SMILES string of the molecule is Cc1ccc(NC(=S)NC[C@@H]2CCCO2)cc1N1CCCC1=O. The smallest absolute Gasteiger partial charge is 0.227 e. The molecule has 1 atom stereocenters. The minimum atomic E-state index is 0.198. The van der Waals surface area contributed by atoms with Crippen LogP contribution in [0.5, 0.6) is 0 Å². The Kier molecular flexibility index (Phi) is 5.13. The molecule has 5 nitrogen and oxygen atoms in total. The number of amides is 1. The van der Waals surface area contributed by atoms with Gasteiger partial charge >= 0.3 is 0 Å². The summed E-state index contributed by atoms with van der Waals surface area (Å²) < 4.78 is 5.57. The summed E-state index contributed by atoms with van der Waals surface area (Å²) in [4.78, 5) is 13.8. The fourth-order valence-electron chi connectivity index (χ4n) is 3.07. The van der Waals surface area contributed by atoms with Gasteiger partial charge in [-0.3, -0.25) is 4.79 Å². The average molecular weight is 333 g/mol. The summed E-state index contributed by atoms with van der Waals surface area (Å²) >= 11 is 5.35. The topological polar surface area (TPSA) is 53.6 Å². The summed E-state index contributed by atoms with van der Waals surface area (Å²) in [5.74, 6) is 0.198. The van der Waals surface area contributed by atoms with E-state index in [0.29, 0.717) is 11.5 Å². The lowest BCUT2D eigenvalue weighted by atomic mass is 10.1. The number of anilines is 2. The Morgan fingerprint density at radius 3 is 3.00 bits per heavy atom. The third kappa shape index (κ3) is 4.00. The van der Waals surface area contributed by atoms with Gasteiger partial charge in [-0.05, 0) is 56.1 Å². The van der Waals surface area contributed by atoms with Crippen LogP contribution >= 0.6 is 12.2 Å². The Labute approximate surface area is 142 Å². The molecule has 23 heavy (non-hydrogen) atoms. The molecule has 2 aliphatic rings. The second kappa shape index (κ2) is 7.27. The Morgan fingerprint density at radius 2 is 2.30 bits per heavy atom. The lowest BCUT2D eigenvalue weighted by molar-refractivity contribution is -0.117. The quantitative estimate of drug-likeness (QED) is 0.830. The lowest BCUT2D eigenvalue weighted by Gasteiger charge is -2.20. The van der Waals surface area contributed by atoms with Crippen molar-refractivity contribution in [1.29, 1.82) is 0 Å². The molecule has 1 aromatic carbocycles. The predicted molar refractivity (Wildman–Crippen MR) is 96.0 cm³/mol. The van der Waals surface area contributed by atoms with Gasteiger partial charge in [0.05, 0.1) is 6.10 Å². The van der Waals surface area contributed by atoms with Gasteiger partial charge in [-0.1, -0.05) is 6.07 Å². The molecule has 0 saturated carbocycles. The number of carbonyl (C=O) groups is 1. The van der Waals surface area contributed by atoms with E-state index >= 15 is 0 Å². The van der Waals surface area contributed by atoms with E-state index in [2.05, 4.69) is 10.6 Å². The van der Waals surface area contributed by atoms with Crippen molar-refractivity contribution < 1.29 is 9.53 Å². The third-order valence-corrected chi connectivity index (χ3v) is 4.59. The van der Waals surface area contributed by atoms with E-state index in [1.165, 1.54) is 0 Å². The van der Waals surface area contributed by atoms with Crippen molar-refractivity contribution in [1.82, 2.24) is 5.32 Å². The van der Waals surface area contributed by atoms with Crippen LogP contribution in [0.15, 0.2) is 18.2 Å². The maximum atomic E-state index is 12.0. The van der Waals surface area contributed by atoms with Gasteiger partial charge in [0.25, 0.3) is 0 Å². The predicted octanol–water partition coefficient (Wildman–Crippen LogP) is 2.59. The maximum absolute atomic E-state index is 12.0. The molecule has 0 spiro atoms. The summed E-state index contributed by atoms with van der Waals surface area (Å²) in [6.07, 6.45) is 4.03. The number of ether oxygens (including phenoxy) is 1. The molecule has 0 bridgehead atoms. The summed E-state index contributed by atoms with van der Waals surface area (Å²) in [7, 11) is 0. The zero-order valence-corrected chi connectivity index (χ0v) is 14.2. The van der Waals surface area contributed by atoms with Crippen molar-refractivity contribution in [3.63, 3.8) is 0 Å². The number of carbonyl (C=O) groups excluding carboxylic acids is 1. The highest BCUT2D eigenvalue weighted by Crippen LogP contribution is 2.28.